The van der Waals surface area contributed by atoms with Crippen LogP contribution >= 0.6 is 0 Å². The number of aryl methyl sites for hydroxylation is 2. The second-order valence-electron chi connectivity index (χ2n) is 5.29. The molecule has 4 heteroatoms. The summed E-state index contributed by atoms with van der Waals surface area (Å²) in [7, 11) is 0. The summed E-state index contributed by atoms with van der Waals surface area (Å²) in [4.78, 5) is 25.3. The van der Waals surface area contributed by atoms with Gasteiger partial charge in [0, 0.05) is 0 Å². The average molecular weight is 283 g/mol. The number of rotatable bonds is 2. The highest BCUT2D eigenvalue weighted by Gasteiger charge is 2.37. The van der Waals surface area contributed by atoms with Crippen LogP contribution in [0.4, 0.5) is 10.1 Å². The van der Waals surface area contributed by atoms with Crippen LogP contribution in [0.2, 0.25) is 0 Å². The van der Waals surface area contributed by atoms with Gasteiger partial charge in [0.2, 0.25) is 0 Å². The van der Waals surface area contributed by atoms with Gasteiger partial charge in [0.25, 0.3) is 11.7 Å². The van der Waals surface area contributed by atoms with Gasteiger partial charge in [-0.2, -0.15) is 0 Å². The second-order valence-corrected chi connectivity index (χ2v) is 5.29. The van der Waals surface area contributed by atoms with Gasteiger partial charge in [-0.1, -0.05) is 29.8 Å². The van der Waals surface area contributed by atoms with Crippen LogP contribution in [-0.4, -0.2) is 11.7 Å². The summed E-state index contributed by atoms with van der Waals surface area (Å²) >= 11 is 0. The number of fused-ring (bicyclic) bond motifs is 1. The molecule has 3 rings (SSSR count). The quantitative estimate of drug-likeness (QED) is 0.794. The number of benzene rings is 2. The minimum Gasteiger partial charge on any atom is -0.298 e. The molecule has 0 spiro atoms. The zero-order chi connectivity index (χ0) is 15.1. The number of ketones is 1. The normalized spacial score (nSPS) is 13.8. The summed E-state index contributed by atoms with van der Waals surface area (Å²) < 4.78 is 14.0. The fraction of sp³-hybridized carbons (Fsp3) is 0.176. The van der Waals surface area contributed by atoms with E-state index in [1.54, 1.807) is 0 Å². The molecule has 0 fully saturated rings. The predicted molar refractivity (Wildman–Crippen MR) is 77.8 cm³/mol. The van der Waals surface area contributed by atoms with Gasteiger partial charge in [-0.25, -0.2) is 4.39 Å². The lowest BCUT2D eigenvalue weighted by Crippen LogP contribution is -2.29. The molecule has 0 saturated heterocycles. The first-order chi connectivity index (χ1) is 9.99. The number of Topliss-reactive ketones (excluding diaryl/α,β-unsaturated/α-hetero) is 1. The van der Waals surface area contributed by atoms with E-state index in [1.807, 2.05) is 32.0 Å². The van der Waals surface area contributed by atoms with E-state index < -0.39 is 17.5 Å². The maximum Gasteiger partial charge on any atom is 0.299 e. The summed E-state index contributed by atoms with van der Waals surface area (Å²) in [6, 6.07) is 10.1. The molecule has 21 heavy (non-hydrogen) atoms. The van der Waals surface area contributed by atoms with Crippen molar-refractivity contribution in [3.8, 4) is 0 Å². The zero-order valence-corrected chi connectivity index (χ0v) is 11.8. The summed E-state index contributed by atoms with van der Waals surface area (Å²) in [5, 5.41) is 0. The third kappa shape index (κ3) is 2.13. The van der Waals surface area contributed by atoms with Gasteiger partial charge in [-0.3, -0.25) is 14.5 Å². The van der Waals surface area contributed by atoms with Crippen LogP contribution < -0.4 is 4.90 Å². The van der Waals surface area contributed by atoms with Crippen LogP contribution in [0.25, 0.3) is 0 Å². The molecular formula is C17H14FNO2. The maximum atomic E-state index is 14.0. The Bertz CT molecular complexity index is 767. The molecule has 1 aliphatic heterocycles. The average Bonchev–Trinajstić information content (AvgIpc) is 2.69. The van der Waals surface area contributed by atoms with E-state index in [0.29, 0.717) is 0 Å². The van der Waals surface area contributed by atoms with E-state index in [4.69, 9.17) is 0 Å². The molecule has 0 N–H and O–H groups in total. The van der Waals surface area contributed by atoms with Crippen molar-refractivity contribution >= 4 is 17.4 Å². The summed E-state index contributed by atoms with van der Waals surface area (Å²) in [6.45, 7) is 4.08. The van der Waals surface area contributed by atoms with Crippen LogP contribution in [0.3, 0.4) is 0 Å². The van der Waals surface area contributed by atoms with E-state index in [0.717, 1.165) is 16.7 Å². The van der Waals surface area contributed by atoms with Crippen molar-refractivity contribution in [1.29, 1.82) is 0 Å². The first kappa shape index (κ1) is 13.5. The van der Waals surface area contributed by atoms with Gasteiger partial charge in [0.05, 0.1) is 17.8 Å². The van der Waals surface area contributed by atoms with Crippen LogP contribution in [0.5, 0.6) is 0 Å². The summed E-state index contributed by atoms with van der Waals surface area (Å²) in [5.74, 6) is -1.86. The molecule has 1 heterocycles. The number of para-hydroxylation sites is 1. The van der Waals surface area contributed by atoms with Crippen molar-refractivity contribution < 1.29 is 14.0 Å². The molecule has 0 aromatic heterocycles. The molecule has 0 radical (unpaired) electrons. The number of anilines is 1. The van der Waals surface area contributed by atoms with Crippen molar-refractivity contribution in [2.24, 2.45) is 0 Å². The number of halogens is 1. The third-order valence-electron chi connectivity index (χ3n) is 3.77. The van der Waals surface area contributed by atoms with E-state index in [-0.39, 0.29) is 17.8 Å². The van der Waals surface area contributed by atoms with Crippen LogP contribution in [0, 0.1) is 19.7 Å². The first-order valence-corrected chi connectivity index (χ1v) is 6.70. The molecule has 0 atom stereocenters. The molecule has 2 aromatic carbocycles. The highest BCUT2D eigenvalue weighted by atomic mass is 19.1. The largest absolute Gasteiger partial charge is 0.299 e. The van der Waals surface area contributed by atoms with Crippen LogP contribution in [0.1, 0.15) is 27.0 Å². The Labute approximate surface area is 122 Å². The standard InChI is InChI=1S/C17H14FNO2/c1-10-6-7-11(2)12(8-10)9-19-15-13(16(20)17(19)21)4-3-5-14(15)18/h3-8H,9H2,1-2H3. The van der Waals surface area contributed by atoms with Gasteiger partial charge in [0.1, 0.15) is 5.82 Å². The summed E-state index contributed by atoms with van der Waals surface area (Å²) in [5.41, 5.74) is 3.21. The molecule has 0 aliphatic carbocycles. The van der Waals surface area contributed by atoms with E-state index in [2.05, 4.69) is 0 Å². The Morgan fingerprint density at radius 1 is 1.10 bits per heavy atom. The molecule has 106 valence electrons. The number of carbonyl (C=O) groups excluding carboxylic acids is 2. The molecule has 1 amide bonds. The Morgan fingerprint density at radius 3 is 2.62 bits per heavy atom. The van der Waals surface area contributed by atoms with Crippen molar-refractivity contribution in [2.75, 3.05) is 4.90 Å². The minimum atomic E-state index is -0.670. The fourth-order valence-electron chi connectivity index (χ4n) is 2.60. The lowest BCUT2D eigenvalue weighted by molar-refractivity contribution is -0.114. The van der Waals surface area contributed by atoms with Crippen molar-refractivity contribution in [2.45, 2.75) is 20.4 Å². The Balaban J connectivity index is 2.06. The minimum absolute atomic E-state index is 0.0911. The smallest absolute Gasteiger partial charge is 0.298 e. The molecule has 0 bridgehead atoms. The molecule has 3 nitrogen and oxygen atoms in total. The topological polar surface area (TPSA) is 37.4 Å². The van der Waals surface area contributed by atoms with E-state index in [9.17, 15) is 14.0 Å². The number of amides is 1. The number of carbonyl (C=O) groups is 2. The molecule has 1 aliphatic rings. The molecule has 2 aromatic rings. The van der Waals surface area contributed by atoms with Gasteiger partial charge in [-0.05, 0) is 37.1 Å². The van der Waals surface area contributed by atoms with Gasteiger partial charge in [0.15, 0.2) is 0 Å². The van der Waals surface area contributed by atoms with Crippen LogP contribution in [0.15, 0.2) is 36.4 Å². The van der Waals surface area contributed by atoms with Crippen molar-refractivity contribution in [3.05, 3.63) is 64.5 Å². The third-order valence-corrected chi connectivity index (χ3v) is 3.77. The summed E-state index contributed by atoms with van der Waals surface area (Å²) in [6.07, 6.45) is 0. The van der Waals surface area contributed by atoms with Crippen molar-refractivity contribution in [1.82, 2.24) is 0 Å². The molecular weight excluding hydrogens is 269 g/mol. The fourth-order valence-corrected chi connectivity index (χ4v) is 2.60. The number of hydrogen-bond acceptors (Lipinski definition) is 2. The predicted octanol–water partition coefficient (Wildman–Crippen LogP) is 3.17. The van der Waals surface area contributed by atoms with E-state index in [1.165, 1.54) is 23.1 Å². The van der Waals surface area contributed by atoms with Gasteiger partial charge >= 0.3 is 0 Å². The Morgan fingerprint density at radius 2 is 1.86 bits per heavy atom. The SMILES string of the molecule is Cc1ccc(C)c(CN2C(=O)C(=O)c3cccc(F)c32)c1. The van der Waals surface area contributed by atoms with Crippen LogP contribution in [-0.2, 0) is 11.3 Å². The van der Waals surface area contributed by atoms with Gasteiger partial charge < -0.3 is 0 Å². The maximum absolute atomic E-state index is 14.0. The van der Waals surface area contributed by atoms with Crippen molar-refractivity contribution in [3.63, 3.8) is 0 Å². The number of nitrogens with zero attached hydrogens (tertiary/aromatic N) is 1. The highest BCUT2D eigenvalue weighted by Crippen LogP contribution is 2.33. The number of hydrogen-bond donors (Lipinski definition) is 0. The Kier molecular flexibility index (Phi) is 3.09. The lowest BCUT2D eigenvalue weighted by atomic mass is 10.1. The zero-order valence-electron chi connectivity index (χ0n) is 11.8. The lowest BCUT2D eigenvalue weighted by Gasteiger charge is -2.18. The van der Waals surface area contributed by atoms with Gasteiger partial charge in [-0.15, -0.1) is 0 Å². The second kappa shape index (κ2) is 4.81. The highest BCUT2D eigenvalue weighted by molar-refractivity contribution is 6.52. The first-order valence-electron chi connectivity index (χ1n) is 6.70. The van der Waals surface area contributed by atoms with E-state index >= 15 is 0 Å². The molecule has 0 saturated carbocycles. The molecule has 0 unspecified atom stereocenters. The Hall–Kier alpha value is -2.49. The monoisotopic (exact) mass is 283 g/mol.